The van der Waals surface area contributed by atoms with Gasteiger partial charge in [-0.15, -0.1) is 11.3 Å². The van der Waals surface area contributed by atoms with Crippen molar-refractivity contribution < 1.29 is 9.53 Å². The van der Waals surface area contributed by atoms with E-state index >= 15 is 0 Å². The van der Waals surface area contributed by atoms with Crippen LogP contribution in [0.2, 0.25) is 0 Å². The van der Waals surface area contributed by atoms with Crippen LogP contribution in [-0.2, 0) is 11.2 Å². The zero-order chi connectivity index (χ0) is 18.2. The molecule has 26 heavy (non-hydrogen) atoms. The summed E-state index contributed by atoms with van der Waals surface area (Å²) in [6, 6.07) is 12.7. The van der Waals surface area contributed by atoms with E-state index in [1.165, 1.54) is 23.3 Å². The number of amides is 1. The highest BCUT2D eigenvalue weighted by Gasteiger charge is 2.23. The van der Waals surface area contributed by atoms with Gasteiger partial charge in [-0.3, -0.25) is 9.69 Å². The van der Waals surface area contributed by atoms with Gasteiger partial charge in [-0.25, -0.2) is 0 Å². The third-order valence-corrected chi connectivity index (χ3v) is 5.92. The summed E-state index contributed by atoms with van der Waals surface area (Å²) < 4.78 is 5.27. The van der Waals surface area contributed by atoms with Gasteiger partial charge in [-0.1, -0.05) is 18.2 Å². The maximum absolute atomic E-state index is 12.3. The standard InChI is InChI=1S/C21H28N2O2S/c1-25-18-11-9-17(10-12-18)20(23-13-2-3-14-23)16-22-21(24)8-4-6-19-7-5-15-26-19/h5,7,9-12,15,20H,2-4,6,8,13-14,16H2,1H3,(H,22,24). The zero-order valence-corrected chi connectivity index (χ0v) is 16.3. The monoisotopic (exact) mass is 372 g/mol. The van der Waals surface area contributed by atoms with Crippen LogP contribution in [0.15, 0.2) is 41.8 Å². The highest BCUT2D eigenvalue weighted by Crippen LogP contribution is 2.26. The van der Waals surface area contributed by atoms with Crippen LogP contribution in [0.3, 0.4) is 0 Å². The first-order chi connectivity index (χ1) is 12.8. The number of benzene rings is 1. The van der Waals surface area contributed by atoms with Crippen LogP contribution in [0.1, 0.15) is 42.2 Å². The Bertz CT molecular complexity index is 664. The number of rotatable bonds is 9. The second-order valence-corrected chi connectivity index (χ2v) is 7.80. The zero-order valence-electron chi connectivity index (χ0n) is 15.4. The predicted molar refractivity (Wildman–Crippen MR) is 107 cm³/mol. The molecule has 3 rings (SSSR count). The molecule has 5 heteroatoms. The first kappa shape index (κ1) is 18.9. The fourth-order valence-corrected chi connectivity index (χ4v) is 4.27. The van der Waals surface area contributed by atoms with Gasteiger partial charge in [0.25, 0.3) is 0 Å². The van der Waals surface area contributed by atoms with Crippen molar-refractivity contribution in [1.82, 2.24) is 10.2 Å². The van der Waals surface area contributed by atoms with E-state index < -0.39 is 0 Å². The molecule has 0 radical (unpaired) electrons. The van der Waals surface area contributed by atoms with Gasteiger partial charge < -0.3 is 10.1 Å². The SMILES string of the molecule is COc1ccc(C(CNC(=O)CCCc2cccs2)N2CCCC2)cc1. The van der Waals surface area contributed by atoms with E-state index in [1.54, 1.807) is 18.4 Å². The highest BCUT2D eigenvalue weighted by molar-refractivity contribution is 7.09. The van der Waals surface area contributed by atoms with Crippen molar-refractivity contribution in [2.75, 3.05) is 26.7 Å². The van der Waals surface area contributed by atoms with Crippen molar-refractivity contribution in [1.29, 1.82) is 0 Å². The fourth-order valence-electron chi connectivity index (χ4n) is 3.51. The molecule has 1 aromatic carbocycles. The molecule has 1 saturated heterocycles. The van der Waals surface area contributed by atoms with E-state index in [9.17, 15) is 4.79 Å². The number of hydrogen-bond donors (Lipinski definition) is 1. The van der Waals surface area contributed by atoms with Crippen LogP contribution in [0, 0.1) is 0 Å². The topological polar surface area (TPSA) is 41.6 Å². The summed E-state index contributed by atoms with van der Waals surface area (Å²) in [5, 5.41) is 5.25. The second kappa shape index (κ2) is 9.74. The Balaban J connectivity index is 1.52. The molecule has 140 valence electrons. The molecule has 1 fully saturated rings. The van der Waals surface area contributed by atoms with Crippen molar-refractivity contribution in [3.8, 4) is 5.75 Å². The number of methoxy groups -OCH3 is 1. The summed E-state index contributed by atoms with van der Waals surface area (Å²) in [4.78, 5) is 16.1. The van der Waals surface area contributed by atoms with Crippen LogP contribution < -0.4 is 10.1 Å². The summed E-state index contributed by atoms with van der Waals surface area (Å²) in [7, 11) is 1.68. The van der Waals surface area contributed by atoms with Gasteiger partial charge in [-0.2, -0.15) is 0 Å². The summed E-state index contributed by atoms with van der Waals surface area (Å²) in [6.07, 6.45) is 4.96. The number of carbonyl (C=O) groups excluding carboxylic acids is 1. The van der Waals surface area contributed by atoms with E-state index in [-0.39, 0.29) is 11.9 Å². The minimum absolute atomic E-state index is 0.152. The number of nitrogens with one attached hydrogen (secondary N) is 1. The van der Waals surface area contributed by atoms with E-state index in [2.05, 4.69) is 39.9 Å². The summed E-state index contributed by atoms with van der Waals surface area (Å²) >= 11 is 1.76. The lowest BCUT2D eigenvalue weighted by molar-refractivity contribution is -0.121. The fraction of sp³-hybridized carbons (Fsp3) is 0.476. The van der Waals surface area contributed by atoms with Crippen LogP contribution in [0.4, 0.5) is 0 Å². The maximum Gasteiger partial charge on any atom is 0.220 e. The van der Waals surface area contributed by atoms with E-state index in [0.29, 0.717) is 13.0 Å². The first-order valence-corrected chi connectivity index (χ1v) is 10.3. The average Bonchev–Trinajstić information content (AvgIpc) is 3.36. The van der Waals surface area contributed by atoms with E-state index in [1.807, 2.05) is 12.1 Å². The van der Waals surface area contributed by atoms with Gasteiger partial charge >= 0.3 is 0 Å². The Morgan fingerprint density at radius 1 is 1.23 bits per heavy atom. The Kier molecular flexibility index (Phi) is 7.09. The molecule has 1 amide bonds. The van der Waals surface area contributed by atoms with Gasteiger partial charge in [0.15, 0.2) is 0 Å². The Labute approximate surface area is 160 Å². The molecule has 1 N–H and O–H groups in total. The Hall–Kier alpha value is -1.85. The smallest absolute Gasteiger partial charge is 0.220 e. The lowest BCUT2D eigenvalue weighted by Crippen LogP contribution is -2.36. The number of aryl methyl sites for hydroxylation is 1. The van der Waals surface area contributed by atoms with E-state index in [0.717, 1.165) is 31.7 Å². The number of thiophene rings is 1. The maximum atomic E-state index is 12.3. The van der Waals surface area contributed by atoms with Crippen molar-refractivity contribution in [3.05, 3.63) is 52.2 Å². The van der Waals surface area contributed by atoms with Crippen molar-refractivity contribution >= 4 is 17.2 Å². The molecule has 1 atom stereocenters. The van der Waals surface area contributed by atoms with Crippen LogP contribution in [-0.4, -0.2) is 37.6 Å². The molecular weight excluding hydrogens is 344 g/mol. The number of hydrogen-bond acceptors (Lipinski definition) is 4. The molecule has 2 aromatic rings. The minimum atomic E-state index is 0.152. The summed E-state index contributed by atoms with van der Waals surface area (Å²) in [5.41, 5.74) is 1.24. The largest absolute Gasteiger partial charge is 0.497 e. The average molecular weight is 373 g/mol. The van der Waals surface area contributed by atoms with Crippen molar-refractivity contribution in [3.63, 3.8) is 0 Å². The highest BCUT2D eigenvalue weighted by atomic mass is 32.1. The number of likely N-dealkylation sites (tertiary alicyclic amines) is 1. The number of ether oxygens (including phenoxy) is 1. The van der Waals surface area contributed by atoms with E-state index in [4.69, 9.17) is 4.74 Å². The molecule has 0 aliphatic carbocycles. The van der Waals surface area contributed by atoms with Gasteiger partial charge in [-0.05, 0) is 67.9 Å². The van der Waals surface area contributed by atoms with Crippen LogP contribution in [0.5, 0.6) is 5.75 Å². The van der Waals surface area contributed by atoms with Gasteiger partial charge in [0, 0.05) is 17.8 Å². The molecule has 4 nitrogen and oxygen atoms in total. The molecule has 0 spiro atoms. The Morgan fingerprint density at radius 2 is 2.00 bits per heavy atom. The summed E-state index contributed by atoms with van der Waals surface area (Å²) in [5.74, 6) is 1.02. The molecule has 2 heterocycles. The molecule has 1 aliphatic rings. The molecule has 0 saturated carbocycles. The minimum Gasteiger partial charge on any atom is -0.497 e. The number of carbonyl (C=O) groups is 1. The second-order valence-electron chi connectivity index (χ2n) is 6.77. The van der Waals surface area contributed by atoms with Crippen molar-refractivity contribution in [2.24, 2.45) is 0 Å². The lowest BCUT2D eigenvalue weighted by atomic mass is 10.0. The van der Waals surface area contributed by atoms with Crippen LogP contribution in [0.25, 0.3) is 0 Å². The predicted octanol–water partition coefficient (Wildman–Crippen LogP) is 4.03. The van der Waals surface area contributed by atoms with Gasteiger partial charge in [0.05, 0.1) is 13.2 Å². The first-order valence-electron chi connectivity index (χ1n) is 9.43. The van der Waals surface area contributed by atoms with Gasteiger partial charge in [0.1, 0.15) is 5.75 Å². The molecule has 1 unspecified atom stereocenters. The Morgan fingerprint density at radius 3 is 2.65 bits per heavy atom. The molecule has 1 aromatic heterocycles. The van der Waals surface area contributed by atoms with Crippen LogP contribution >= 0.6 is 11.3 Å². The quantitative estimate of drug-likeness (QED) is 0.722. The molecular formula is C21H28N2O2S. The molecule has 0 bridgehead atoms. The summed E-state index contributed by atoms with van der Waals surface area (Å²) in [6.45, 7) is 2.88. The third kappa shape index (κ3) is 5.32. The van der Waals surface area contributed by atoms with Gasteiger partial charge in [0.2, 0.25) is 5.91 Å². The molecule has 1 aliphatic heterocycles. The number of nitrogens with zero attached hydrogens (tertiary/aromatic N) is 1. The third-order valence-electron chi connectivity index (χ3n) is 4.98. The lowest BCUT2D eigenvalue weighted by Gasteiger charge is -2.28. The normalized spacial score (nSPS) is 15.7. The van der Waals surface area contributed by atoms with Crippen molar-refractivity contribution in [2.45, 2.75) is 38.1 Å².